The molecule has 0 aliphatic rings. The van der Waals surface area contributed by atoms with Gasteiger partial charge in [-0.05, 0) is 43.5 Å². The minimum Gasteiger partial charge on any atom is -1.00 e. The molecule has 0 amide bonds. The molecule has 0 radical (unpaired) electrons. The first-order valence-corrected chi connectivity index (χ1v) is 7.07. The molecule has 0 aliphatic heterocycles. The van der Waals surface area contributed by atoms with Gasteiger partial charge in [0.05, 0.1) is 21.1 Å². The summed E-state index contributed by atoms with van der Waals surface area (Å²) in [5.74, 6) is 1.22. The number of imidazole rings is 1. The van der Waals surface area contributed by atoms with Crippen LogP contribution >= 0.6 is 11.6 Å². The summed E-state index contributed by atoms with van der Waals surface area (Å²) >= 11 is 6.10. The molecule has 0 fully saturated rings. The molecule has 21 heavy (non-hydrogen) atoms. The van der Waals surface area contributed by atoms with Crippen molar-refractivity contribution in [1.82, 2.24) is 13.9 Å². The zero-order chi connectivity index (χ0) is 14.7. The van der Waals surface area contributed by atoms with Crippen LogP contribution < -0.4 is 28.5 Å². The first-order chi connectivity index (χ1) is 9.29. The fourth-order valence-electron chi connectivity index (χ4n) is 2.97. The molecule has 2 aromatic heterocycles. The largest absolute Gasteiger partial charge is 1.00 e. The maximum atomic E-state index is 6.10. The van der Waals surface area contributed by atoms with Crippen LogP contribution in [0.2, 0.25) is 5.02 Å². The molecule has 0 N–H and O–H groups in total. The summed E-state index contributed by atoms with van der Waals surface area (Å²) in [6.07, 6.45) is 0. The Hall–Kier alpha value is -0.850. The molecule has 3 aromatic rings. The normalized spacial score (nSPS) is 11.9. The van der Waals surface area contributed by atoms with E-state index in [4.69, 9.17) is 16.6 Å². The Morgan fingerprint density at radius 3 is 2.38 bits per heavy atom. The van der Waals surface area contributed by atoms with Crippen LogP contribution in [0.3, 0.4) is 0 Å². The number of halogens is 2. The molecule has 0 saturated heterocycles. The molecule has 1 aromatic carbocycles. The van der Waals surface area contributed by atoms with Crippen molar-refractivity contribution < 1.29 is 24.0 Å². The second kappa shape index (κ2) is 5.41. The molecule has 112 valence electrons. The number of pyridine rings is 1. The van der Waals surface area contributed by atoms with Crippen LogP contribution in [0.4, 0.5) is 5.82 Å². The monoisotopic (exact) mass is 415 g/mol. The quantitative estimate of drug-likeness (QED) is 0.427. The van der Waals surface area contributed by atoms with Crippen LogP contribution in [0, 0.1) is 13.8 Å². The number of aromatic nitrogens is 2. The highest BCUT2D eigenvalue weighted by atomic mass is 127. The summed E-state index contributed by atoms with van der Waals surface area (Å²) in [5, 5.41) is 3.04. The van der Waals surface area contributed by atoms with Gasteiger partial charge < -0.3 is 24.0 Å². The van der Waals surface area contributed by atoms with E-state index >= 15 is 0 Å². The maximum Gasteiger partial charge on any atom is 0.235 e. The molecule has 2 heterocycles. The number of hydrogen-bond donors (Lipinski definition) is 0. The van der Waals surface area contributed by atoms with Gasteiger partial charge in [-0.15, -0.1) is 0 Å². The number of hydrogen-bond acceptors (Lipinski definition) is 1. The topological polar surface area (TPSA) is 17.3 Å². The highest BCUT2D eigenvalue weighted by molar-refractivity contribution is 6.31. The van der Waals surface area contributed by atoms with Crippen molar-refractivity contribution in [3.05, 3.63) is 40.7 Å². The summed E-state index contributed by atoms with van der Waals surface area (Å²) in [4.78, 5) is 4.80. The zero-order valence-electron chi connectivity index (χ0n) is 12.9. The first kappa shape index (κ1) is 16.5. The van der Waals surface area contributed by atoms with Crippen molar-refractivity contribution >= 4 is 33.8 Å². The highest BCUT2D eigenvalue weighted by Gasteiger charge is 2.24. The van der Waals surface area contributed by atoms with Gasteiger partial charge in [0, 0.05) is 16.1 Å². The van der Waals surface area contributed by atoms with E-state index < -0.39 is 0 Å². The molecular formula is C16H19ClIN3. The number of quaternary nitrogens is 1. The van der Waals surface area contributed by atoms with Gasteiger partial charge in [-0.1, -0.05) is 11.6 Å². The Morgan fingerprint density at radius 1 is 1.10 bits per heavy atom. The van der Waals surface area contributed by atoms with Crippen molar-refractivity contribution in [2.75, 3.05) is 21.1 Å². The Morgan fingerprint density at radius 2 is 1.76 bits per heavy atom. The predicted molar refractivity (Wildman–Crippen MR) is 86.7 cm³/mol. The average Bonchev–Trinajstić information content (AvgIpc) is 2.66. The van der Waals surface area contributed by atoms with Crippen LogP contribution in [0.15, 0.2) is 24.3 Å². The maximum absolute atomic E-state index is 6.10. The van der Waals surface area contributed by atoms with E-state index in [1.807, 2.05) is 12.1 Å². The Kier molecular flexibility index (Phi) is 4.26. The van der Waals surface area contributed by atoms with Crippen molar-refractivity contribution in [2.24, 2.45) is 0 Å². The van der Waals surface area contributed by atoms with Gasteiger partial charge in [0.15, 0.2) is 0 Å². The zero-order valence-corrected chi connectivity index (χ0v) is 15.8. The molecule has 5 heteroatoms. The fourth-order valence-corrected chi connectivity index (χ4v) is 3.15. The number of fused-ring (bicyclic) bond motifs is 3. The van der Waals surface area contributed by atoms with E-state index in [1.54, 1.807) is 0 Å². The smallest absolute Gasteiger partial charge is 0.235 e. The van der Waals surface area contributed by atoms with Crippen LogP contribution in [0.1, 0.15) is 11.4 Å². The Bertz CT molecular complexity index is 831. The third kappa shape index (κ3) is 2.64. The summed E-state index contributed by atoms with van der Waals surface area (Å²) in [7, 11) is 6.51. The molecule has 0 unspecified atom stereocenters. The molecule has 3 nitrogen and oxygen atoms in total. The van der Waals surface area contributed by atoms with E-state index in [0.717, 1.165) is 31.6 Å². The van der Waals surface area contributed by atoms with Gasteiger partial charge >= 0.3 is 0 Å². The van der Waals surface area contributed by atoms with Crippen molar-refractivity contribution in [3.63, 3.8) is 0 Å². The van der Waals surface area contributed by atoms with Crippen LogP contribution in [-0.4, -0.2) is 30.5 Å². The minimum absolute atomic E-state index is 0. The standard InChI is InChI=1S/C16H19ClN3.HI/c1-10-8-12-9-13(17)6-7-14(12)15-18-11(2)16(19(10)15)20(3,4)5;/h6-9H,1-5H3;1H/q+1;/p-1. The lowest BCUT2D eigenvalue weighted by atomic mass is 10.1. The van der Waals surface area contributed by atoms with Crippen LogP contribution in [0.5, 0.6) is 0 Å². The molecule has 0 spiro atoms. The lowest BCUT2D eigenvalue weighted by Gasteiger charge is -2.24. The van der Waals surface area contributed by atoms with Crippen molar-refractivity contribution in [3.8, 4) is 0 Å². The first-order valence-electron chi connectivity index (χ1n) is 6.69. The fraction of sp³-hybridized carbons (Fsp3) is 0.312. The lowest BCUT2D eigenvalue weighted by molar-refractivity contribution is -0.00000449. The van der Waals surface area contributed by atoms with Gasteiger partial charge in [-0.3, -0.25) is 8.88 Å². The molecule has 0 bridgehead atoms. The summed E-state index contributed by atoms with van der Waals surface area (Å²) in [5.41, 5.74) is 3.26. The van der Waals surface area contributed by atoms with Crippen LogP contribution in [-0.2, 0) is 0 Å². The van der Waals surface area contributed by atoms with Gasteiger partial charge in [0.2, 0.25) is 5.82 Å². The van der Waals surface area contributed by atoms with Crippen molar-refractivity contribution in [1.29, 1.82) is 0 Å². The Labute approximate surface area is 147 Å². The molecule has 0 atom stereocenters. The average molecular weight is 416 g/mol. The third-order valence-electron chi connectivity index (χ3n) is 3.63. The molecule has 3 rings (SSSR count). The number of aryl methyl sites for hydroxylation is 2. The predicted octanol–water partition coefficient (Wildman–Crippen LogP) is 0.958. The second-order valence-corrected chi connectivity index (χ2v) is 6.65. The number of benzene rings is 1. The number of rotatable bonds is 1. The van der Waals surface area contributed by atoms with Gasteiger partial charge in [0.1, 0.15) is 11.3 Å². The van der Waals surface area contributed by atoms with Crippen LogP contribution in [0.25, 0.3) is 16.4 Å². The molecule has 0 saturated carbocycles. The second-order valence-electron chi connectivity index (χ2n) is 6.21. The highest BCUT2D eigenvalue weighted by Crippen LogP contribution is 2.31. The van der Waals surface area contributed by atoms with Gasteiger partial charge in [0.25, 0.3) is 0 Å². The van der Waals surface area contributed by atoms with E-state index in [-0.39, 0.29) is 24.0 Å². The van der Waals surface area contributed by atoms with E-state index in [2.05, 4.69) is 51.5 Å². The van der Waals surface area contributed by atoms with Gasteiger partial charge in [-0.2, -0.15) is 0 Å². The number of nitrogens with zero attached hydrogens (tertiary/aromatic N) is 3. The minimum atomic E-state index is 0. The SMILES string of the molecule is Cc1nc2c3ccc(Cl)cc3cc(C)n2c1[N+](C)(C)C.[I-]. The summed E-state index contributed by atoms with van der Waals surface area (Å²) in [6.45, 7) is 4.20. The van der Waals surface area contributed by atoms with E-state index in [0.29, 0.717) is 0 Å². The molecular weight excluding hydrogens is 397 g/mol. The van der Waals surface area contributed by atoms with Gasteiger partial charge in [-0.25, -0.2) is 4.98 Å². The summed E-state index contributed by atoms with van der Waals surface area (Å²) in [6, 6.07) is 8.15. The Balaban J connectivity index is 0.00000161. The lowest BCUT2D eigenvalue weighted by Crippen LogP contribution is -3.00. The third-order valence-corrected chi connectivity index (χ3v) is 3.86. The van der Waals surface area contributed by atoms with E-state index in [1.165, 1.54) is 11.5 Å². The van der Waals surface area contributed by atoms with Crippen molar-refractivity contribution in [2.45, 2.75) is 13.8 Å². The molecule has 0 aliphatic carbocycles. The summed E-state index contributed by atoms with van der Waals surface area (Å²) < 4.78 is 3.00. The van der Waals surface area contributed by atoms with E-state index in [9.17, 15) is 0 Å².